The Morgan fingerprint density at radius 1 is 1.07 bits per heavy atom. The third-order valence-electron chi connectivity index (χ3n) is 2.98. The van der Waals surface area contributed by atoms with E-state index in [9.17, 15) is 0 Å². The van der Waals surface area contributed by atoms with Crippen LogP contribution in [0.3, 0.4) is 0 Å². The first-order valence-electron chi connectivity index (χ1n) is 5.69. The van der Waals surface area contributed by atoms with Gasteiger partial charge in [-0.3, -0.25) is 0 Å². The average molecular weight is 310 g/mol. The zero-order valence-corrected chi connectivity index (χ0v) is 10.7. The summed E-state index contributed by atoms with van der Waals surface area (Å²) in [6, 6.07) is 0. The molecule has 0 aromatic carbocycles. The Hall–Kier alpha value is 0.650. The first-order valence-corrected chi connectivity index (χ1v) is 6.94. The van der Waals surface area contributed by atoms with E-state index < -0.39 is 0 Å². The predicted molar refractivity (Wildman–Crippen MR) is 64.9 cm³/mol. The van der Waals surface area contributed by atoms with E-state index in [1.807, 2.05) is 0 Å². The summed E-state index contributed by atoms with van der Waals surface area (Å²) in [7, 11) is 0. The lowest BCUT2D eigenvalue weighted by molar-refractivity contribution is 0.00898. The van der Waals surface area contributed by atoms with Crippen LogP contribution < -0.4 is 0 Å². The van der Waals surface area contributed by atoms with Gasteiger partial charge in [0.2, 0.25) is 0 Å². The lowest BCUT2D eigenvalue weighted by atomic mass is 10.3. The SMILES string of the molecule is IC1CCCC1OCCOCC1CC1. The Morgan fingerprint density at radius 3 is 2.57 bits per heavy atom. The van der Waals surface area contributed by atoms with Gasteiger partial charge in [-0.15, -0.1) is 0 Å². The summed E-state index contributed by atoms with van der Waals surface area (Å²) in [5.74, 6) is 0.874. The molecule has 2 saturated carbocycles. The highest BCUT2D eigenvalue weighted by atomic mass is 127. The van der Waals surface area contributed by atoms with Crippen LogP contribution in [0.4, 0.5) is 0 Å². The quantitative estimate of drug-likeness (QED) is 0.427. The molecular formula is C11H19IO2. The largest absolute Gasteiger partial charge is 0.379 e. The molecule has 0 bridgehead atoms. The van der Waals surface area contributed by atoms with Crippen molar-refractivity contribution in [2.24, 2.45) is 5.92 Å². The molecule has 0 aliphatic heterocycles. The molecule has 2 atom stereocenters. The van der Waals surface area contributed by atoms with E-state index in [1.165, 1.54) is 32.1 Å². The van der Waals surface area contributed by atoms with Gasteiger partial charge in [0, 0.05) is 10.5 Å². The third-order valence-corrected chi connectivity index (χ3v) is 4.41. The van der Waals surface area contributed by atoms with E-state index in [2.05, 4.69) is 22.6 Å². The minimum absolute atomic E-state index is 0.500. The normalized spacial score (nSPS) is 32.4. The van der Waals surface area contributed by atoms with Crippen LogP contribution >= 0.6 is 22.6 Å². The minimum atomic E-state index is 0.500. The predicted octanol–water partition coefficient (Wildman–Crippen LogP) is 2.79. The van der Waals surface area contributed by atoms with Crippen molar-refractivity contribution in [2.75, 3.05) is 19.8 Å². The summed E-state index contributed by atoms with van der Waals surface area (Å²) in [6.45, 7) is 2.54. The minimum Gasteiger partial charge on any atom is -0.379 e. The van der Waals surface area contributed by atoms with Gasteiger partial charge in [-0.2, -0.15) is 0 Å². The Balaban J connectivity index is 1.45. The molecule has 0 radical (unpaired) electrons. The highest BCUT2D eigenvalue weighted by Crippen LogP contribution is 2.29. The van der Waals surface area contributed by atoms with Gasteiger partial charge in [-0.1, -0.05) is 22.6 Å². The lowest BCUT2D eigenvalue weighted by Crippen LogP contribution is -2.20. The third kappa shape index (κ3) is 3.66. The molecule has 0 saturated heterocycles. The lowest BCUT2D eigenvalue weighted by Gasteiger charge is -2.15. The van der Waals surface area contributed by atoms with Crippen molar-refractivity contribution in [2.45, 2.75) is 42.1 Å². The molecule has 2 aliphatic carbocycles. The average Bonchev–Trinajstić information content (AvgIpc) is 2.91. The van der Waals surface area contributed by atoms with Gasteiger partial charge in [-0.05, 0) is 38.0 Å². The van der Waals surface area contributed by atoms with Crippen molar-refractivity contribution >= 4 is 22.6 Å². The fraction of sp³-hybridized carbons (Fsp3) is 1.00. The zero-order chi connectivity index (χ0) is 9.80. The molecule has 0 spiro atoms. The summed E-state index contributed by atoms with van der Waals surface area (Å²) in [6.07, 6.45) is 7.16. The van der Waals surface area contributed by atoms with E-state index >= 15 is 0 Å². The maximum atomic E-state index is 5.78. The second-order valence-corrected chi connectivity index (χ2v) is 5.97. The fourth-order valence-corrected chi connectivity index (χ4v) is 2.87. The number of ether oxygens (including phenoxy) is 2. The van der Waals surface area contributed by atoms with Crippen molar-refractivity contribution in [1.82, 2.24) is 0 Å². The molecule has 0 N–H and O–H groups in total. The maximum Gasteiger partial charge on any atom is 0.0704 e. The monoisotopic (exact) mass is 310 g/mol. The van der Waals surface area contributed by atoms with E-state index in [0.29, 0.717) is 6.10 Å². The molecule has 14 heavy (non-hydrogen) atoms. The van der Waals surface area contributed by atoms with Crippen molar-refractivity contribution in [3.8, 4) is 0 Å². The van der Waals surface area contributed by atoms with E-state index in [1.54, 1.807) is 0 Å². The number of hydrogen-bond acceptors (Lipinski definition) is 2. The molecule has 2 nitrogen and oxygen atoms in total. The van der Waals surface area contributed by atoms with Gasteiger partial charge in [0.25, 0.3) is 0 Å². The van der Waals surface area contributed by atoms with E-state index in [0.717, 1.165) is 29.7 Å². The topological polar surface area (TPSA) is 18.5 Å². The Labute approximate surface area is 99.9 Å². The van der Waals surface area contributed by atoms with Crippen LogP contribution in [0.5, 0.6) is 0 Å². The highest BCUT2D eigenvalue weighted by molar-refractivity contribution is 14.1. The second-order valence-electron chi connectivity index (χ2n) is 4.37. The van der Waals surface area contributed by atoms with Crippen LogP contribution in [0.1, 0.15) is 32.1 Å². The van der Waals surface area contributed by atoms with Gasteiger partial charge in [0.15, 0.2) is 0 Å². The van der Waals surface area contributed by atoms with Crippen LogP contribution in [-0.2, 0) is 9.47 Å². The summed E-state index contributed by atoms with van der Waals surface area (Å²) in [4.78, 5) is 0. The Kier molecular flexibility index (Phi) is 4.50. The van der Waals surface area contributed by atoms with Crippen LogP contribution in [0, 0.1) is 5.92 Å². The van der Waals surface area contributed by atoms with Gasteiger partial charge in [0.1, 0.15) is 0 Å². The number of halogens is 1. The van der Waals surface area contributed by atoms with Crippen molar-refractivity contribution in [3.63, 3.8) is 0 Å². The molecule has 2 rings (SSSR count). The molecule has 0 aromatic rings. The summed E-state index contributed by atoms with van der Waals surface area (Å²) in [5, 5.41) is 0. The molecule has 0 heterocycles. The number of rotatable bonds is 6. The summed E-state index contributed by atoms with van der Waals surface area (Å²) < 4.78 is 12.0. The van der Waals surface area contributed by atoms with Gasteiger partial charge in [-0.25, -0.2) is 0 Å². The fourth-order valence-electron chi connectivity index (χ4n) is 1.86. The van der Waals surface area contributed by atoms with Crippen LogP contribution in [0.2, 0.25) is 0 Å². The van der Waals surface area contributed by atoms with Crippen LogP contribution in [0.15, 0.2) is 0 Å². The van der Waals surface area contributed by atoms with Crippen molar-refractivity contribution < 1.29 is 9.47 Å². The van der Waals surface area contributed by atoms with Gasteiger partial charge < -0.3 is 9.47 Å². The highest BCUT2D eigenvalue weighted by Gasteiger charge is 2.25. The first kappa shape index (κ1) is 11.1. The van der Waals surface area contributed by atoms with E-state index in [4.69, 9.17) is 9.47 Å². The van der Waals surface area contributed by atoms with Gasteiger partial charge in [0.05, 0.1) is 19.3 Å². The molecule has 0 aromatic heterocycles. The molecule has 3 heteroatoms. The molecular weight excluding hydrogens is 291 g/mol. The molecule has 2 unspecified atom stereocenters. The number of alkyl halides is 1. The van der Waals surface area contributed by atoms with Gasteiger partial charge >= 0.3 is 0 Å². The maximum absolute atomic E-state index is 5.78. The van der Waals surface area contributed by atoms with Crippen LogP contribution in [0.25, 0.3) is 0 Å². The molecule has 2 aliphatic rings. The Morgan fingerprint density at radius 2 is 1.93 bits per heavy atom. The van der Waals surface area contributed by atoms with Crippen molar-refractivity contribution in [3.05, 3.63) is 0 Å². The summed E-state index contributed by atoms with van der Waals surface area (Å²) in [5.41, 5.74) is 0. The second kappa shape index (κ2) is 5.66. The number of hydrogen-bond donors (Lipinski definition) is 0. The molecule has 0 amide bonds. The van der Waals surface area contributed by atoms with Crippen molar-refractivity contribution in [1.29, 1.82) is 0 Å². The zero-order valence-electron chi connectivity index (χ0n) is 8.58. The Bertz CT molecular complexity index is 171. The first-order chi connectivity index (χ1) is 6.86. The molecule has 2 fully saturated rings. The summed E-state index contributed by atoms with van der Waals surface area (Å²) >= 11 is 2.51. The standard InChI is InChI=1S/C11H19IO2/c12-10-2-1-3-11(10)14-7-6-13-8-9-4-5-9/h9-11H,1-8H2. The smallest absolute Gasteiger partial charge is 0.0704 e. The van der Waals surface area contributed by atoms with E-state index in [-0.39, 0.29) is 0 Å². The van der Waals surface area contributed by atoms with Crippen LogP contribution in [-0.4, -0.2) is 29.8 Å². The molecule has 82 valence electrons.